The maximum Gasteiger partial charge on any atom is 0.410 e. The minimum absolute atomic E-state index is 0.291. The standard InChI is InChI=1S/C16H31NO4/c1-6-8-10-20-15(18)14(12-13(3)4)17(5)16(19)21-11-9-7-2/h13-14H,6-12H2,1-5H3. The van der Waals surface area contributed by atoms with Gasteiger partial charge in [-0.3, -0.25) is 4.90 Å². The van der Waals surface area contributed by atoms with Gasteiger partial charge in [0.1, 0.15) is 6.04 Å². The highest BCUT2D eigenvalue weighted by Gasteiger charge is 2.29. The van der Waals surface area contributed by atoms with Crippen LogP contribution in [0.4, 0.5) is 4.79 Å². The number of carbonyl (C=O) groups is 2. The van der Waals surface area contributed by atoms with Crippen molar-refractivity contribution in [1.29, 1.82) is 0 Å². The van der Waals surface area contributed by atoms with Crippen molar-refractivity contribution in [2.24, 2.45) is 5.92 Å². The summed E-state index contributed by atoms with van der Waals surface area (Å²) in [6.45, 7) is 8.90. The third kappa shape index (κ3) is 8.58. The van der Waals surface area contributed by atoms with Gasteiger partial charge >= 0.3 is 12.1 Å². The lowest BCUT2D eigenvalue weighted by atomic mass is 10.0. The summed E-state index contributed by atoms with van der Waals surface area (Å²) in [7, 11) is 1.60. The average Bonchev–Trinajstić information content (AvgIpc) is 2.44. The minimum atomic E-state index is -0.573. The number of unbranched alkanes of at least 4 members (excludes halogenated alkanes) is 2. The number of rotatable bonds is 10. The molecular formula is C16H31NO4. The van der Waals surface area contributed by atoms with Crippen molar-refractivity contribution in [2.75, 3.05) is 20.3 Å². The van der Waals surface area contributed by atoms with Gasteiger partial charge in [-0.2, -0.15) is 0 Å². The highest BCUT2D eigenvalue weighted by Crippen LogP contribution is 2.14. The molecule has 0 spiro atoms. The van der Waals surface area contributed by atoms with Gasteiger partial charge in [0.15, 0.2) is 0 Å². The summed E-state index contributed by atoms with van der Waals surface area (Å²) < 4.78 is 10.4. The summed E-state index contributed by atoms with van der Waals surface area (Å²) >= 11 is 0. The molecule has 0 aromatic carbocycles. The molecule has 0 aromatic rings. The maximum absolute atomic E-state index is 12.2. The number of amides is 1. The normalized spacial score (nSPS) is 12.1. The first-order chi connectivity index (χ1) is 9.93. The van der Waals surface area contributed by atoms with Gasteiger partial charge in [-0.15, -0.1) is 0 Å². The van der Waals surface area contributed by atoms with Gasteiger partial charge in [0.05, 0.1) is 13.2 Å². The first kappa shape index (κ1) is 19.7. The van der Waals surface area contributed by atoms with Crippen LogP contribution in [0.3, 0.4) is 0 Å². The molecule has 21 heavy (non-hydrogen) atoms. The molecule has 0 fully saturated rings. The van der Waals surface area contributed by atoms with E-state index in [9.17, 15) is 9.59 Å². The molecule has 0 aliphatic heterocycles. The van der Waals surface area contributed by atoms with Crippen molar-refractivity contribution in [3.8, 4) is 0 Å². The Balaban J connectivity index is 4.56. The molecule has 5 heteroatoms. The van der Waals surface area contributed by atoms with Crippen LogP contribution in [-0.2, 0) is 14.3 Å². The first-order valence-electron chi connectivity index (χ1n) is 8.00. The summed E-state index contributed by atoms with van der Waals surface area (Å²) in [6, 6.07) is -0.573. The number of hydrogen-bond donors (Lipinski definition) is 0. The summed E-state index contributed by atoms with van der Waals surface area (Å²) in [5, 5.41) is 0. The lowest BCUT2D eigenvalue weighted by Crippen LogP contribution is -2.44. The highest BCUT2D eigenvalue weighted by atomic mass is 16.6. The van der Waals surface area contributed by atoms with Gasteiger partial charge < -0.3 is 9.47 Å². The Labute approximate surface area is 129 Å². The predicted molar refractivity (Wildman–Crippen MR) is 83.1 cm³/mol. The average molecular weight is 301 g/mol. The zero-order valence-electron chi connectivity index (χ0n) is 14.2. The van der Waals surface area contributed by atoms with E-state index in [2.05, 4.69) is 0 Å². The van der Waals surface area contributed by atoms with E-state index in [4.69, 9.17) is 9.47 Å². The van der Waals surface area contributed by atoms with Crippen LogP contribution in [0.1, 0.15) is 59.8 Å². The molecule has 124 valence electrons. The minimum Gasteiger partial charge on any atom is -0.464 e. The molecule has 0 bridgehead atoms. The SMILES string of the molecule is CCCCOC(=O)C(CC(C)C)N(C)C(=O)OCCCC. The van der Waals surface area contributed by atoms with Crippen LogP contribution < -0.4 is 0 Å². The number of likely N-dealkylation sites (N-methyl/N-ethyl adjacent to an activating group) is 1. The fourth-order valence-corrected chi connectivity index (χ4v) is 1.81. The smallest absolute Gasteiger partial charge is 0.410 e. The van der Waals surface area contributed by atoms with E-state index in [1.54, 1.807) is 7.05 Å². The van der Waals surface area contributed by atoms with Crippen molar-refractivity contribution < 1.29 is 19.1 Å². The molecule has 5 nitrogen and oxygen atoms in total. The number of hydrogen-bond acceptors (Lipinski definition) is 4. The van der Waals surface area contributed by atoms with Crippen LogP contribution in [0.25, 0.3) is 0 Å². The Bertz CT molecular complexity index is 305. The molecule has 0 heterocycles. The molecule has 0 saturated heterocycles. The van der Waals surface area contributed by atoms with Crippen LogP contribution in [-0.4, -0.2) is 43.3 Å². The molecule has 0 saturated carbocycles. The monoisotopic (exact) mass is 301 g/mol. The van der Waals surface area contributed by atoms with Crippen LogP contribution in [0, 0.1) is 5.92 Å². The largest absolute Gasteiger partial charge is 0.464 e. The van der Waals surface area contributed by atoms with E-state index < -0.39 is 12.1 Å². The molecule has 1 amide bonds. The second-order valence-corrected chi connectivity index (χ2v) is 5.75. The summed E-state index contributed by atoms with van der Waals surface area (Å²) in [6.07, 6.45) is 3.72. The molecule has 0 aromatic heterocycles. The fourth-order valence-electron chi connectivity index (χ4n) is 1.81. The number of carbonyl (C=O) groups excluding carboxylic acids is 2. The topological polar surface area (TPSA) is 55.8 Å². The van der Waals surface area contributed by atoms with Gasteiger partial charge in [-0.25, -0.2) is 9.59 Å². The Kier molecular flexibility index (Phi) is 10.7. The molecular weight excluding hydrogens is 270 g/mol. The van der Waals surface area contributed by atoms with Crippen LogP contribution >= 0.6 is 0 Å². The molecule has 0 aliphatic rings. The Morgan fingerprint density at radius 3 is 2.00 bits per heavy atom. The lowest BCUT2D eigenvalue weighted by molar-refractivity contribution is -0.149. The van der Waals surface area contributed by atoms with E-state index in [0.717, 1.165) is 25.7 Å². The van der Waals surface area contributed by atoms with E-state index in [0.29, 0.717) is 25.6 Å². The zero-order chi connectivity index (χ0) is 16.3. The number of ether oxygens (including phenoxy) is 2. The van der Waals surface area contributed by atoms with E-state index in [-0.39, 0.29) is 5.97 Å². The lowest BCUT2D eigenvalue weighted by Gasteiger charge is -2.27. The molecule has 0 aliphatic carbocycles. The zero-order valence-corrected chi connectivity index (χ0v) is 14.2. The Morgan fingerprint density at radius 1 is 1.00 bits per heavy atom. The van der Waals surface area contributed by atoms with Gasteiger partial charge in [-0.1, -0.05) is 40.5 Å². The van der Waals surface area contributed by atoms with Gasteiger partial charge in [0.2, 0.25) is 0 Å². The van der Waals surface area contributed by atoms with Crippen molar-refractivity contribution >= 4 is 12.1 Å². The predicted octanol–water partition coefficient (Wildman–Crippen LogP) is 3.61. The Hall–Kier alpha value is -1.26. The third-order valence-electron chi connectivity index (χ3n) is 3.19. The van der Waals surface area contributed by atoms with E-state index in [1.807, 2.05) is 27.7 Å². The summed E-state index contributed by atoms with van der Waals surface area (Å²) in [4.78, 5) is 25.5. The van der Waals surface area contributed by atoms with Crippen LogP contribution in [0.5, 0.6) is 0 Å². The molecule has 0 radical (unpaired) electrons. The van der Waals surface area contributed by atoms with E-state index in [1.165, 1.54) is 4.90 Å². The highest BCUT2D eigenvalue weighted by molar-refractivity contribution is 5.81. The van der Waals surface area contributed by atoms with Crippen molar-refractivity contribution in [2.45, 2.75) is 65.8 Å². The maximum atomic E-state index is 12.2. The van der Waals surface area contributed by atoms with Crippen LogP contribution in [0.2, 0.25) is 0 Å². The van der Waals surface area contributed by atoms with Gasteiger partial charge in [0.25, 0.3) is 0 Å². The van der Waals surface area contributed by atoms with Gasteiger partial charge in [-0.05, 0) is 25.2 Å². The van der Waals surface area contributed by atoms with Crippen molar-refractivity contribution in [3.05, 3.63) is 0 Å². The first-order valence-corrected chi connectivity index (χ1v) is 8.00. The molecule has 0 N–H and O–H groups in total. The van der Waals surface area contributed by atoms with Crippen molar-refractivity contribution in [1.82, 2.24) is 4.90 Å². The van der Waals surface area contributed by atoms with Crippen LogP contribution in [0.15, 0.2) is 0 Å². The second-order valence-electron chi connectivity index (χ2n) is 5.75. The molecule has 0 rings (SSSR count). The summed E-state index contributed by atoms with van der Waals surface area (Å²) in [5.74, 6) is -0.0493. The van der Waals surface area contributed by atoms with E-state index >= 15 is 0 Å². The molecule has 1 unspecified atom stereocenters. The number of esters is 1. The summed E-state index contributed by atoms with van der Waals surface area (Å²) in [5.41, 5.74) is 0. The Morgan fingerprint density at radius 2 is 1.52 bits per heavy atom. The van der Waals surface area contributed by atoms with Crippen molar-refractivity contribution in [3.63, 3.8) is 0 Å². The quantitative estimate of drug-likeness (QED) is 0.457. The second kappa shape index (κ2) is 11.4. The number of nitrogens with zero attached hydrogens (tertiary/aromatic N) is 1. The fraction of sp³-hybridized carbons (Fsp3) is 0.875. The third-order valence-corrected chi connectivity index (χ3v) is 3.19. The molecule has 1 atom stereocenters. The van der Waals surface area contributed by atoms with Gasteiger partial charge in [0, 0.05) is 7.05 Å².